The standard InChI is InChI=1S/C16H17N3O3/c1-11-2-5-13(6-3-11)17-10-16(22)19-18-9-12-4-7-14(20)15(21)8-12/h2-9,17,20-21H,10H2,1H3,(H,19,22)/b18-9+. The van der Waals surface area contributed by atoms with Crippen molar-refractivity contribution >= 4 is 17.8 Å². The van der Waals surface area contributed by atoms with E-state index in [9.17, 15) is 15.0 Å². The number of amides is 1. The summed E-state index contributed by atoms with van der Waals surface area (Å²) in [4.78, 5) is 11.6. The van der Waals surface area contributed by atoms with Gasteiger partial charge in [-0.2, -0.15) is 5.10 Å². The Hall–Kier alpha value is -3.02. The molecule has 0 heterocycles. The molecular formula is C16H17N3O3. The van der Waals surface area contributed by atoms with Crippen molar-refractivity contribution in [2.45, 2.75) is 6.92 Å². The molecule has 0 bridgehead atoms. The zero-order valence-electron chi connectivity index (χ0n) is 12.1. The number of rotatable bonds is 5. The molecular weight excluding hydrogens is 282 g/mol. The first-order valence-electron chi connectivity index (χ1n) is 6.69. The van der Waals surface area contributed by atoms with Crippen molar-refractivity contribution in [2.75, 3.05) is 11.9 Å². The molecule has 0 saturated heterocycles. The maximum atomic E-state index is 11.6. The highest BCUT2D eigenvalue weighted by Gasteiger charge is 2.00. The molecule has 0 unspecified atom stereocenters. The van der Waals surface area contributed by atoms with Gasteiger partial charge in [-0.15, -0.1) is 0 Å². The van der Waals surface area contributed by atoms with Gasteiger partial charge in [0, 0.05) is 5.69 Å². The largest absolute Gasteiger partial charge is 0.504 e. The molecule has 2 rings (SSSR count). The van der Waals surface area contributed by atoms with Crippen molar-refractivity contribution in [1.29, 1.82) is 0 Å². The number of hydrogen-bond donors (Lipinski definition) is 4. The number of hydrazone groups is 1. The van der Waals surface area contributed by atoms with Crippen LogP contribution in [0.25, 0.3) is 0 Å². The van der Waals surface area contributed by atoms with Crippen LogP contribution in [0.4, 0.5) is 5.69 Å². The van der Waals surface area contributed by atoms with Crippen LogP contribution >= 0.6 is 0 Å². The van der Waals surface area contributed by atoms with E-state index < -0.39 is 0 Å². The fraction of sp³-hybridized carbons (Fsp3) is 0.125. The van der Waals surface area contributed by atoms with Gasteiger partial charge in [-0.3, -0.25) is 4.79 Å². The van der Waals surface area contributed by atoms with Crippen LogP contribution in [-0.4, -0.2) is 28.9 Å². The number of carbonyl (C=O) groups excluding carboxylic acids is 1. The lowest BCUT2D eigenvalue weighted by molar-refractivity contribution is -0.119. The minimum Gasteiger partial charge on any atom is -0.504 e. The summed E-state index contributed by atoms with van der Waals surface area (Å²) in [6.45, 7) is 2.09. The van der Waals surface area contributed by atoms with Crippen molar-refractivity contribution in [3.8, 4) is 11.5 Å². The van der Waals surface area contributed by atoms with E-state index in [2.05, 4.69) is 15.8 Å². The topological polar surface area (TPSA) is 94.0 Å². The zero-order valence-corrected chi connectivity index (χ0v) is 12.1. The molecule has 0 aromatic heterocycles. The summed E-state index contributed by atoms with van der Waals surface area (Å²) in [5.41, 5.74) is 4.93. The molecule has 22 heavy (non-hydrogen) atoms. The Kier molecular flexibility index (Phi) is 4.98. The SMILES string of the molecule is Cc1ccc(NCC(=O)N/N=C/c2ccc(O)c(O)c2)cc1. The van der Waals surface area contributed by atoms with Gasteiger partial charge < -0.3 is 15.5 Å². The molecule has 0 aliphatic heterocycles. The Bertz CT molecular complexity index is 682. The van der Waals surface area contributed by atoms with Gasteiger partial charge in [0.15, 0.2) is 11.5 Å². The van der Waals surface area contributed by atoms with E-state index in [-0.39, 0.29) is 24.0 Å². The Morgan fingerprint density at radius 2 is 1.86 bits per heavy atom. The lowest BCUT2D eigenvalue weighted by atomic mass is 10.2. The van der Waals surface area contributed by atoms with E-state index in [1.807, 2.05) is 31.2 Å². The first-order valence-corrected chi connectivity index (χ1v) is 6.69. The number of nitrogens with zero attached hydrogens (tertiary/aromatic N) is 1. The second kappa shape index (κ2) is 7.12. The third kappa shape index (κ3) is 4.52. The number of aromatic hydroxyl groups is 2. The van der Waals surface area contributed by atoms with Crippen LogP contribution in [0, 0.1) is 6.92 Å². The van der Waals surface area contributed by atoms with Gasteiger partial charge >= 0.3 is 0 Å². The fourth-order valence-electron chi connectivity index (χ4n) is 1.69. The van der Waals surface area contributed by atoms with Crippen molar-refractivity contribution in [2.24, 2.45) is 5.10 Å². The van der Waals surface area contributed by atoms with Crippen LogP contribution in [0.3, 0.4) is 0 Å². The minimum absolute atomic E-state index is 0.0984. The molecule has 0 spiro atoms. The third-order valence-corrected chi connectivity index (χ3v) is 2.91. The molecule has 2 aromatic carbocycles. The fourth-order valence-corrected chi connectivity index (χ4v) is 1.69. The van der Waals surface area contributed by atoms with Crippen molar-refractivity contribution < 1.29 is 15.0 Å². The highest BCUT2D eigenvalue weighted by atomic mass is 16.3. The monoisotopic (exact) mass is 299 g/mol. The highest BCUT2D eigenvalue weighted by molar-refractivity contribution is 5.84. The van der Waals surface area contributed by atoms with E-state index in [1.165, 1.54) is 18.3 Å². The molecule has 6 nitrogen and oxygen atoms in total. The van der Waals surface area contributed by atoms with Gasteiger partial charge in [0.2, 0.25) is 0 Å². The molecule has 0 fully saturated rings. The van der Waals surface area contributed by atoms with Crippen molar-refractivity contribution in [3.63, 3.8) is 0 Å². The average Bonchev–Trinajstić information content (AvgIpc) is 2.50. The van der Waals surface area contributed by atoms with Crippen molar-refractivity contribution in [1.82, 2.24) is 5.43 Å². The molecule has 0 aliphatic carbocycles. The van der Waals surface area contributed by atoms with Crippen LogP contribution in [0.2, 0.25) is 0 Å². The summed E-state index contributed by atoms with van der Waals surface area (Å²) in [5, 5.41) is 25.3. The molecule has 0 radical (unpaired) electrons. The van der Waals surface area contributed by atoms with Gasteiger partial charge in [-0.25, -0.2) is 5.43 Å². The molecule has 1 amide bonds. The Labute approximate surface area is 128 Å². The number of hydrogen-bond acceptors (Lipinski definition) is 5. The molecule has 6 heteroatoms. The normalized spacial score (nSPS) is 10.6. The maximum Gasteiger partial charge on any atom is 0.259 e. The van der Waals surface area contributed by atoms with Gasteiger partial charge in [-0.05, 0) is 42.8 Å². The van der Waals surface area contributed by atoms with E-state index in [0.29, 0.717) is 5.56 Å². The predicted octanol–water partition coefficient (Wildman–Crippen LogP) is 1.97. The summed E-state index contributed by atoms with van der Waals surface area (Å²) in [5.74, 6) is -0.736. The number of benzene rings is 2. The van der Waals surface area contributed by atoms with Crippen molar-refractivity contribution in [3.05, 3.63) is 53.6 Å². The summed E-state index contributed by atoms with van der Waals surface area (Å²) >= 11 is 0. The first-order chi connectivity index (χ1) is 10.5. The predicted molar refractivity (Wildman–Crippen MR) is 85.2 cm³/mol. The van der Waals surface area contributed by atoms with Crippen LogP contribution < -0.4 is 10.7 Å². The van der Waals surface area contributed by atoms with Gasteiger partial charge in [-0.1, -0.05) is 17.7 Å². The maximum absolute atomic E-state index is 11.6. The number of anilines is 1. The first kappa shape index (κ1) is 15.4. The molecule has 0 atom stereocenters. The Morgan fingerprint density at radius 3 is 2.55 bits per heavy atom. The number of phenols is 2. The van der Waals surface area contributed by atoms with Gasteiger partial charge in [0.05, 0.1) is 12.8 Å². The van der Waals surface area contributed by atoms with Crippen LogP contribution in [0.5, 0.6) is 11.5 Å². The second-order valence-electron chi connectivity index (χ2n) is 4.76. The smallest absolute Gasteiger partial charge is 0.259 e. The van der Waals surface area contributed by atoms with Gasteiger partial charge in [0.1, 0.15) is 0 Å². The zero-order chi connectivity index (χ0) is 15.9. The summed E-state index contributed by atoms with van der Waals surface area (Å²) in [6, 6.07) is 11.9. The Morgan fingerprint density at radius 1 is 1.14 bits per heavy atom. The van der Waals surface area contributed by atoms with E-state index in [0.717, 1.165) is 11.3 Å². The van der Waals surface area contributed by atoms with E-state index >= 15 is 0 Å². The third-order valence-electron chi connectivity index (χ3n) is 2.91. The minimum atomic E-state index is -0.292. The highest BCUT2D eigenvalue weighted by Crippen LogP contribution is 2.23. The lowest BCUT2D eigenvalue weighted by Gasteiger charge is -2.05. The van der Waals surface area contributed by atoms with Crippen LogP contribution in [-0.2, 0) is 4.79 Å². The second-order valence-corrected chi connectivity index (χ2v) is 4.76. The number of phenolic OH excluding ortho intramolecular Hbond substituents is 2. The van der Waals surface area contributed by atoms with Gasteiger partial charge in [0.25, 0.3) is 5.91 Å². The number of carbonyl (C=O) groups is 1. The summed E-state index contributed by atoms with van der Waals surface area (Å²) in [7, 11) is 0. The average molecular weight is 299 g/mol. The molecule has 0 saturated carbocycles. The number of aryl methyl sites for hydroxylation is 1. The molecule has 0 aliphatic rings. The Balaban J connectivity index is 1.80. The lowest BCUT2D eigenvalue weighted by Crippen LogP contribution is -2.25. The number of nitrogens with one attached hydrogen (secondary N) is 2. The molecule has 2 aromatic rings. The molecule has 4 N–H and O–H groups in total. The molecule has 114 valence electrons. The van der Waals surface area contributed by atoms with Crippen LogP contribution in [0.1, 0.15) is 11.1 Å². The quantitative estimate of drug-likeness (QED) is 0.386. The summed E-state index contributed by atoms with van der Waals surface area (Å²) < 4.78 is 0. The van der Waals surface area contributed by atoms with E-state index in [4.69, 9.17) is 0 Å². The van der Waals surface area contributed by atoms with E-state index in [1.54, 1.807) is 6.07 Å². The van der Waals surface area contributed by atoms with Crippen LogP contribution in [0.15, 0.2) is 47.6 Å². The summed E-state index contributed by atoms with van der Waals surface area (Å²) in [6.07, 6.45) is 1.38.